The van der Waals surface area contributed by atoms with Gasteiger partial charge in [-0.1, -0.05) is 155 Å². The number of allylic oxidation sites excluding steroid dienone is 2. The average molecular weight is 905 g/mol. The molecule has 283 valence electrons. The number of hydrogen-bond acceptors (Lipinski definition) is 4. The number of furan rings is 1. The Morgan fingerprint density at radius 2 is 1.40 bits per heavy atom. The van der Waals surface area contributed by atoms with Crippen LogP contribution in [0.1, 0.15) is 83.9 Å². The molecule has 4 nitrogen and oxygen atoms in total. The average Bonchev–Trinajstić information content (AvgIpc) is 3.56. The van der Waals surface area contributed by atoms with Crippen molar-refractivity contribution in [2.75, 3.05) is 0 Å². The van der Waals surface area contributed by atoms with Gasteiger partial charge in [0.15, 0.2) is 5.78 Å². The fraction of sp³-hybridized carbons (Fsp3) is 0.280. The van der Waals surface area contributed by atoms with Gasteiger partial charge in [-0.25, -0.2) is 0 Å². The van der Waals surface area contributed by atoms with Crippen molar-refractivity contribution in [3.63, 3.8) is 0 Å². The molecule has 0 saturated carbocycles. The van der Waals surface area contributed by atoms with E-state index in [0.29, 0.717) is 0 Å². The molecule has 7 aromatic rings. The van der Waals surface area contributed by atoms with Gasteiger partial charge in [0.1, 0.15) is 5.58 Å². The Morgan fingerprint density at radius 3 is 2.02 bits per heavy atom. The number of aliphatic hydroxyl groups is 1. The predicted molar refractivity (Wildman–Crippen MR) is 225 cm³/mol. The van der Waals surface area contributed by atoms with Crippen LogP contribution in [0.4, 0.5) is 0 Å². The number of rotatable bonds is 9. The number of aliphatic hydroxyl groups excluding tert-OH is 1. The minimum Gasteiger partial charge on any atom is -0.512 e. The van der Waals surface area contributed by atoms with Crippen molar-refractivity contribution in [1.82, 2.24) is 4.98 Å². The molecule has 1 aliphatic rings. The molecular weight excluding hydrogens is 855 g/mol. The number of nitrogens with zero attached hydrogens (tertiary/aromatic N) is 1. The van der Waals surface area contributed by atoms with Crippen LogP contribution in [0.3, 0.4) is 0 Å². The summed E-state index contributed by atoms with van der Waals surface area (Å²) < 4.78 is 6.95. The maximum Gasteiger partial charge on any atom is 0.162 e. The van der Waals surface area contributed by atoms with Gasteiger partial charge >= 0.3 is 0 Å². The fourth-order valence-electron chi connectivity index (χ4n) is 8.36. The van der Waals surface area contributed by atoms with E-state index in [1.54, 1.807) is 0 Å². The standard InChI is InChI=1S/C37H26NO.C13H24O2.Ir/c1-22-14-15-25-21-38-34-28-17-16-26(23-10-6-4-7-11-23)35-31(28)32-30(37(2,3)33(34)29(25)20-22)19-18-27(36(32)39-35)24-12-8-5-9-13-24;1-5-10(6-2)12(14)9-13(15)11(7-3)8-4;/h4-16,18-21H,1-3H3;9-11,14H,5-8H2,1-4H3;/q-1;;/b;12-9-;. The zero-order valence-electron chi connectivity index (χ0n) is 32.9. The summed E-state index contributed by atoms with van der Waals surface area (Å²) in [5.41, 5.74) is 11.7. The first kappa shape index (κ1) is 39.9. The fourth-order valence-corrected chi connectivity index (χ4v) is 8.36. The zero-order chi connectivity index (χ0) is 38.1. The number of hydrogen-bond donors (Lipinski definition) is 1. The molecule has 8 rings (SSSR count). The smallest absolute Gasteiger partial charge is 0.162 e. The molecule has 2 aromatic heterocycles. The van der Waals surface area contributed by atoms with Crippen molar-refractivity contribution in [2.24, 2.45) is 11.8 Å². The molecule has 0 amide bonds. The number of fused-ring (bicyclic) bond motifs is 4. The van der Waals surface area contributed by atoms with Crippen LogP contribution < -0.4 is 0 Å². The van der Waals surface area contributed by atoms with Gasteiger partial charge in [-0.3, -0.25) is 4.79 Å². The molecule has 55 heavy (non-hydrogen) atoms. The summed E-state index contributed by atoms with van der Waals surface area (Å²) in [6.45, 7) is 14.9. The molecule has 1 aliphatic carbocycles. The molecule has 0 bridgehead atoms. The summed E-state index contributed by atoms with van der Waals surface area (Å²) in [5.74, 6) is 0.547. The van der Waals surface area contributed by atoms with Crippen LogP contribution in [0, 0.1) is 24.8 Å². The van der Waals surface area contributed by atoms with Crippen molar-refractivity contribution in [3.05, 3.63) is 138 Å². The van der Waals surface area contributed by atoms with E-state index in [-0.39, 0.29) is 48.9 Å². The number of carbonyl (C=O) groups is 1. The number of pyridine rings is 1. The number of benzene rings is 5. The van der Waals surface area contributed by atoms with Crippen molar-refractivity contribution in [2.45, 2.75) is 79.6 Å². The van der Waals surface area contributed by atoms with Crippen LogP contribution in [0.2, 0.25) is 0 Å². The van der Waals surface area contributed by atoms with Crippen LogP contribution >= 0.6 is 0 Å². The molecule has 0 spiro atoms. The molecular formula is C50H50IrNO3-. The van der Waals surface area contributed by atoms with Crippen LogP contribution in [0.15, 0.2) is 120 Å². The summed E-state index contributed by atoms with van der Waals surface area (Å²) in [4.78, 5) is 16.8. The summed E-state index contributed by atoms with van der Waals surface area (Å²) in [6, 6.07) is 38.0. The normalized spacial score (nSPS) is 13.1. The third-order valence-electron chi connectivity index (χ3n) is 11.5. The molecule has 5 aromatic carbocycles. The maximum absolute atomic E-state index is 11.7. The molecule has 0 unspecified atom stereocenters. The van der Waals surface area contributed by atoms with Crippen molar-refractivity contribution in [3.8, 4) is 33.5 Å². The van der Waals surface area contributed by atoms with E-state index in [1.807, 2.05) is 40.0 Å². The summed E-state index contributed by atoms with van der Waals surface area (Å²) >= 11 is 0. The van der Waals surface area contributed by atoms with Crippen LogP contribution in [-0.4, -0.2) is 15.9 Å². The van der Waals surface area contributed by atoms with Gasteiger partial charge in [-0.05, 0) is 71.1 Å². The molecule has 0 saturated heterocycles. The second kappa shape index (κ2) is 16.5. The quantitative estimate of drug-likeness (QED) is 0.0890. The monoisotopic (exact) mass is 905 g/mol. The molecule has 0 atom stereocenters. The van der Waals surface area contributed by atoms with Crippen LogP contribution in [0.25, 0.3) is 66.2 Å². The second-order valence-electron chi connectivity index (χ2n) is 15.2. The van der Waals surface area contributed by atoms with E-state index in [2.05, 4.69) is 118 Å². The van der Waals surface area contributed by atoms with E-state index in [4.69, 9.17) is 9.40 Å². The van der Waals surface area contributed by atoms with Crippen LogP contribution in [0.5, 0.6) is 0 Å². The first-order valence-electron chi connectivity index (χ1n) is 19.5. The third kappa shape index (κ3) is 7.21. The number of carbonyl (C=O) groups excluding carboxylic acids is 1. The minimum atomic E-state index is -0.320. The Morgan fingerprint density at radius 1 is 0.800 bits per heavy atom. The Balaban J connectivity index is 0.000000276. The Bertz CT molecular complexity index is 2500. The van der Waals surface area contributed by atoms with E-state index in [9.17, 15) is 9.90 Å². The number of aryl methyl sites for hydroxylation is 1. The Hall–Kier alpha value is -4.83. The molecule has 5 heteroatoms. The topological polar surface area (TPSA) is 63.3 Å². The second-order valence-corrected chi connectivity index (χ2v) is 15.2. The van der Waals surface area contributed by atoms with Gasteiger partial charge in [-0.15, -0.1) is 17.7 Å². The first-order valence-corrected chi connectivity index (χ1v) is 19.5. The van der Waals surface area contributed by atoms with Gasteiger partial charge in [0, 0.05) is 55.2 Å². The van der Waals surface area contributed by atoms with Gasteiger partial charge in [0.25, 0.3) is 0 Å². The van der Waals surface area contributed by atoms with Gasteiger partial charge in [-0.2, -0.15) is 0 Å². The molecule has 0 aliphatic heterocycles. The van der Waals surface area contributed by atoms with Gasteiger partial charge in [0.2, 0.25) is 0 Å². The SMILES string of the molecule is CCC(CC)C(=O)/C=C(\O)C(CC)CC.Cc1ccc2cnc3c(c2c1)C(C)(C)c1ccc(-c2ccccc2)c2oc4c(-c5ccccc5)c[c-]c-3c4c12.[Ir]. The summed E-state index contributed by atoms with van der Waals surface area (Å²) in [6.07, 6.45) is 6.92. The number of aromatic nitrogens is 1. The van der Waals surface area contributed by atoms with E-state index in [0.717, 1.165) is 81.1 Å². The van der Waals surface area contributed by atoms with Gasteiger partial charge < -0.3 is 14.5 Å². The molecule has 1 radical (unpaired) electrons. The van der Waals surface area contributed by atoms with Crippen molar-refractivity contribution in [1.29, 1.82) is 0 Å². The largest absolute Gasteiger partial charge is 0.512 e. The Kier molecular flexibility index (Phi) is 12.0. The molecule has 2 heterocycles. The summed E-state index contributed by atoms with van der Waals surface area (Å²) in [5, 5.41) is 14.4. The number of ketones is 1. The van der Waals surface area contributed by atoms with Crippen molar-refractivity contribution < 1.29 is 34.4 Å². The first-order chi connectivity index (χ1) is 26.1. The predicted octanol–water partition coefficient (Wildman–Crippen LogP) is 13.8. The molecule has 1 N–H and O–H groups in total. The minimum absolute atomic E-state index is 0. The third-order valence-corrected chi connectivity index (χ3v) is 11.5. The zero-order valence-corrected chi connectivity index (χ0v) is 35.3. The van der Waals surface area contributed by atoms with E-state index < -0.39 is 0 Å². The molecule has 0 fully saturated rings. The van der Waals surface area contributed by atoms with Gasteiger partial charge in [0.05, 0.1) is 11.3 Å². The summed E-state index contributed by atoms with van der Waals surface area (Å²) in [7, 11) is 0. The Labute approximate surface area is 339 Å². The van der Waals surface area contributed by atoms with Crippen molar-refractivity contribution >= 4 is 38.5 Å². The maximum atomic E-state index is 11.7. The van der Waals surface area contributed by atoms with E-state index >= 15 is 0 Å². The van der Waals surface area contributed by atoms with Crippen LogP contribution in [-0.2, 0) is 30.3 Å². The van der Waals surface area contributed by atoms with E-state index in [1.165, 1.54) is 33.5 Å².